The van der Waals surface area contributed by atoms with E-state index < -0.39 is 0 Å². The van der Waals surface area contributed by atoms with Crippen molar-refractivity contribution in [2.24, 2.45) is 10.7 Å². The van der Waals surface area contributed by atoms with Crippen LogP contribution in [0.4, 0.5) is 0 Å². The number of nitrogens with two attached hydrogens (primary N) is 1. The highest BCUT2D eigenvalue weighted by atomic mass is 16.5. The number of nitriles is 2. The van der Waals surface area contributed by atoms with E-state index in [1.165, 1.54) is 12.4 Å². The van der Waals surface area contributed by atoms with Gasteiger partial charge in [0.1, 0.15) is 22.9 Å². The van der Waals surface area contributed by atoms with E-state index in [1.54, 1.807) is 9.42 Å². The molecule has 0 amide bonds. The molecule has 1 aliphatic rings. The Kier molecular flexibility index (Phi) is 6.04. The van der Waals surface area contributed by atoms with Gasteiger partial charge in [-0.3, -0.25) is 4.99 Å². The van der Waals surface area contributed by atoms with Gasteiger partial charge in [-0.2, -0.15) is 15.6 Å². The van der Waals surface area contributed by atoms with Crippen molar-refractivity contribution < 1.29 is 4.74 Å². The summed E-state index contributed by atoms with van der Waals surface area (Å²) in [5.41, 5.74) is 9.49. The zero-order chi connectivity index (χ0) is 21.0. The summed E-state index contributed by atoms with van der Waals surface area (Å²) < 4.78 is 7.61. The fourth-order valence-electron chi connectivity index (χ4n) is 3.52. The molecule has 29 heavy (non-hydrogen) atoms. The van der Waals surface area contributed by atoms with E-state index in [2.05, 4.69) is 17.4 Å². The number of piperidine rings is 1. The number of pyridine rings is 1. The predicted molar refractivity (Wildman–Crippen MR) is 111 cm³/mol. The summed E-state index contributed by atoms with van der Waals surface area (Å²) in [6.07, 6.45) is 8.72. The van der Waals surface area contributed by atoms with Crippen molar-refractivity contribution in [3.05, 3.63) is 35.8 Å². The van der Waals surface area contributed by atoms with Crippen LogP contribution < -0.4 is 10.5 Å². The second-order valence-electron chi connectivity index (χ2n) is 7.34. The third kappa shape index (κ3) is 4.33. The summed E-state index contributed by atoms with van der Waals surface area (Å²) in [5.74, 6) is 0.584. The minimum absolute atomic E-state index is 0.0547. The molecule has 0 aliphatic carbocycles. The van der Waals surface area contributed by atoms with E-state index in [1.807, 2.05) is 33.0 Å². The average Bonchev–Trinajstić information content (AvgIpc) is 3.12. The topological polar surface area (TPSA) is 116 Å². The van der Waals surface area contributed by atoms with Crippen LogP contribution in [-0.2, 0) is 0 Å². The first-order valence-electron chi connectivity index (χ1n) is 9.66. The van der Waals surface area contributed by atoms with Crippen LogP contribution in [0.3, 0.4) is 0 Å². The summed E-state index contributed by atoms with van der Waals surface area (Å²) in [6, 6.07) is 4.21. The van der Waals surface area contributed by atoms with Gasteiger partial charge >= 0.3 is 0 Å². The first kappa shape index (κ1) is 20.2. The van der Waals surface area contributed by atoms with E-state index in [-0.39, 0.29) is 12.1 Å². The maximum Gasteiger partial charge on any atom is 0.179 e. The number of aliphatic imine (C=N–C) groups is 1. The normalized spacial score (nSPS) is 16.1. The minimum atomic E-state index is -0.0547. The van der Waals surface area contributed by atoms with Gasteiger partial charge in [0.25, 0.3) is 0 Å². The first-order chi connectivity index (χ1) is 14.0. The Morgan fingerprint density at radius 1 is 1.38 bits per heavy atom. The maximum atomic E-state index is 9.38. The molecule has 2 aromatic heterocycles. The van der Waals surface area contributed by atoms with Gasteiger partial charge in [-0.15, -0.1) is 0 Å². The third-order valence-corrected chi connectivity index (χ3v) is 4.91. The molecule has 0 bridgehead atoms. The molecule has 0 atom stereocenters. The SMILES string of the molecule is CC(=NC1CCN(C#N)CC1)/C(=C\N)c1cc(OC(C)C)c2c(C#N)cnn2c1. The molecular formula is C21H25N7O. The molecule has 1 saturated heterocycles. The van der Waals surface area contributed by atoms with Crippen LogP contribution in [0.25, 0.3) is 11.1 Å². The van der Waals surface area contributed by atoms with E-state index in [0.29, 0.717) is 16.8 Å². The standard InChI is InChI=1S/C21H25N7O/c1-14(2)29-20-8-16(12-28-21(20)17(9-22)11-25-28)19(10-23)15(3)26-18-4-6-27(13-24)7-5-18/h8,10-12,14,18H,4-7,23H2,1-3H3/b19-10+,26-15?. The van der Waals surface area contributed by atoms with Gasteiger partial charge in [-0.1, -0.05) is 0 Å². The number of hydrogen-bond acceptors (Lipinski definition) is 7. The lowest BCUT2D eigenvalue weighted by molar-refractivity contribution is 0.244. The molecule has 1 aliphatic heterocycles. The fraction of sp³-hybridized carbons (Fsp3) is 0.429. The smallest absolute Gasteiger partial charge is 0.179 e. The molecule has 3 rings (SSSR count). The Labute approximate surface area is 170 Å². The van der Waals surface area contributed by atoms with Crippen LogP contribution in [0.5, 0.6) is 5.75 Å². The van der Waals surface area contributed by atoms with E-state index in [0.717, 1.165) is 42.8 Å². The van der Waals surface area contributed by atoms with Crippen molar-refractivity contribution in [1.82, 2.24) is 14.5 Å². The van der Waals surface area contributed by atoms with Crippen LogP contribution in [0, 0.1) is 22.8 Å². The second-order valence-corrected chi connectivity index (χ2v) is 7.34. The Hall–Kier alpha value is -3.52. The highest BCUT2D eigenvalue weighted by Gasteiger charge is 2.20. The van der Waals surface area contributed by atoms with E-state index >= 15 is 0 Å². The Morgan fingerprint density at radius 2 is 2.10 bits per heavy atom. The van der Waals surface area contributed by atoms with Crippen molar-refractivity contribution in [2.45, 2.75) is 45.8 Å². The van der Waals surface area contributed by atoms with Gasteiger partial charge in [-0.25, -0.2) is 4.52 Å². The molecule has 0 saturated carbocycles. The lowest BCUT2D eigenvalue weighted by Crippen LogP contribution is -2.32. The zero-order valence-corrected chi connectivity index (χ0v) is 17.0. The summed E-state index contributed by atoms with van der Waals surface area (Å²) in [7, 11) is 0. The van der Waals surface area contributed by atoms with Crippen LogP contribution >= 0.6 is 0 Å². The number of aromatic nitrogens is 2. The summed E-state index contributed by atoms with van der Waals surface area (Å²) in [6.45, 7) is 7.26. The molecule has 0 spiro atoms. The Balaban J connectivity index is 1.96. The highest BCUT2D eigenvalue weighted by Crippen LogP contribution is 2.29. The monoisotopic (exact) mass is 391 g/mol. The van der Waals surface area contributed by atoms with Crippen LogP contribution in [0.1, 0.15) is 44.7 Å². The number of rotatable bonds is 5. The van der Waals surface area contributed by atoms with Gasteiger partial charge in [0.15, 0.2) is 6.19 Å². The van der Waals surface area contributed by atoms with Gasteiger partial charge in [0.05, 0.1) is 18.3 Å². The first-order valence-corrected chi connectivity index (χ1v) is 9.66. The number of hydrogen-bond donors (Lipinski definition) is 1. The summed E-state index contributed by atoms with van der Waals surface area (Å²) in [4.78, 5) is 6.61. The van der Waals surface area contributed by atoms with Gasteiger partial charge in [-0.05, 0) is 39.7 Å². The molecule has 0 radical (unpaired) electrons. The van der Waals surface area contributed by atoms with Gasteiger partial charge in [0.2, 0.25) is 0 Å². The highest BCUT2D eigenvalue weighted by molar-refractivity contribution is 6.22. The average molecular weight is 391 g/mol. The molecule has 0 aromatic carbocycles. The number of ether oxygens (including phenoxy) is 1. The Bertz CT molecular complexity index is 1030. The van der Waals surface area contributed by atoms with Crippen molar-refractivity contribution in [2.75, 3.05) is 13.1 Å². The molecule has 0 unspecified atom stereocenters. The van der Waals surface area contributed by atoms with Crippen molar-refractivity contribution in [1.29, 1.82) is 10.5 Å². The van der Waals surface area contributed by atoms with Gasteiger partial charge < -0.3 is 15.4 Å². The lowest BCUT2D eigenvalue weighted by Gasteiger charge is -2.26. The quantitative estimate of drug-likeness (QED) is 0.619. The van der Waals surface area contributed by atoms with Crippen LogP contribution in [-0.4, -0.2) is 45.5 Å². The number of likely N-dealkylation sites (tertiary alicyclic amines) is 1. The largest absolute Gasteiger partial charge is 0.489 e. The molecular weight excluding hydrogens is 366 g/mol. The Morgan fingerprint density at radius 3 is 2.69 bits per heavy atom. The van der Waals surface area contributed by atoms with Crippen LogP contribution in [0.15, 0.2) is 29.7 Å². The molecule has 150 valence electrons. The molecule has 8 nitrogen and oxygen atoms in total. The molecule has 8 heteroatoms. The molecule has 2 aromatic rings. The molecule has 2 N–H and O–H groups in total. The van der Waals surface area contributed by atoms with E-state index in [9.17, 15) is 5.26 Å². The van der Waals surface area contributed by atoms with Crippen molar-refractivity contribution in [3.63, 3.8) is 0 Å². The van der Waals surface area contributed by atoms with Crippen LogP contribution in [0.2, 0.25) is 0 Å². The second kappa shape index (κ2) is 8.66. The van der Waals surface area contributed by atoms with Crippen molar-refractivity contribution >= 4 is 16.8 Å². The lowest BCUT2D eigenvalue weighted by atomic mass is 10.0. The maximum absolute atomic E-state index is 9.38. The minimum Gasteiger partial charge on any atom is -0.489 e. The fourth-order valence-corrected chi connectivity index (χ4v) is 3.52. The number of allylic oxidation sites excluding steroid dienone is 1. The number of fused-ring (bicyclic) bond motifs is 1. The summed E-state index contributed by atoms with van der Waals surface area (Å²) in [5, 5.41) is 22.7. The predicted octanol–water partition coefficient (Wildman–Crippen LogP) is 2.70. The van der Waals surface area contributed by atoms with Crippen molar-refractivity contribution in [3.8, 4) is 18.0 Å². The van der Waals surface area contributed by atoms with Gasteiger partial charge in [0, 0.05) is 42.3 Å². The molecule has 3 heterocycles. The summed E-state index contributed by atoms with van der Waals surface area (Å²) >= 11 is 0. The number of nitrogens with zero attached hydrogens (tertiary/aromatic N) is 6. The molecule has 1 fully saturated rings. The third-order valence-electron chi connectivity index (χ3n) is 4.91. The zero-order valence-electron chi connectivity index (χ0n) is 17.0. The van der Waals surface area contributed by atoms with E-state index in [4.69, 9.17) is 20.7 Å².